The first-order chi connectivity index (χ1) is 9.26. The standard InChI is InChI=1S/C14H23N3OS/c18-12(17-11-3-4-11)5-8-15-13-16-9-14(10-19-13)6-1-2-7-14/h11H,1-10H2,(H,15,16)(H,17,18). The predicted octanol–water partition coefficient (Wildman–Crippen LogP) is 1.91. The number of carbonyl (C=O) groups is 1. The molecule has 0 bridgehead atoms. The summed E-state index contributed by atoms with van der Waals surface area (Å²) < 4.78 is 0. The van der Waals surface area contributed by atoms with E-state index in [2.05, 4.69) is 15.6 Å². The molecule has 2 N–H and O–H groups in total. The molecule has 4 nitrogen and oxygen atoms in total. The van der Waals surface area contributed by atoms with E-state index in [1.807, 2.05) is 11.8 Å². The van der Waals surface area contributed by atoms with Crippen molar-refractivity contribution in [2.75, 3.05) is 18.8 Å². The SMILES string of the molecule is O=C(CCNC1=NCC2(CCCC2)CS1)NC1CC1. The van der Waals surface area contributed by atoms with E-state index in [9.17, 15) is 4.79 Å². The first kappa shape index (κ1) is 13.3. The number of nitrogens with zero attached hydrogens (tertiary/aromatic N) is 1. The van der Waals surface area contributed by atoms with Gasteiger partial charge in [-0.2, -0.15) is 0 Å². The predicted molar refractivity (Wildman–Crippen MR) is 79.4 cm³/mol. The first-order valence-electron chi connectivity index (χ1n) is 7.46. The molecule has 2 saturated carbocycles. The molecule has 0 aromatic heterocycles. The van der Waals surface area contributed by atoms with Crippen LogP contribution < -0.4 is 10.6 Å². The zero-order valence-corrected chi connectivity index (χ0v) is 12.2. The van der Waals surface area contributed by atoms with Gasteiger partial charge in [0.15, 0.2) is 5.17 Å². The van der Waals surface area contributed by atoms with Crippen molar-refractivity contribution in [2.45, 2.75) is 51.0 Å². The number of carbonyl (C=O) groups excluding carboxylic acids is 1. The minimum absolute atomic E-state index is 0.170. The quantitative estimate of drug-likeness (QED) is 0.827. The number of rotatable bonds is 4. The van der Waals surface area contributed by atoms with Crippen LogP contribution in [0, 0.1) is 5.41 Å². The molecule has 0 aromatic rings. The molecule has 0 radical (unpaired) electrons. The van der Waals surface area contributed by atoms with E-state index >= 15 is 0 Å². The van der Waals surface area contributed by atoms with Gasteiger partial charge in [0.1, 0.15) is 0 Å². The highest BCUT2D eigenvalue weighted by Gasteiger charge is 2.36. The van der Waals surface area contributed by atoms with E-state index in [0.717, 1.165) is 24.6 Å². The summed E-state index contributed by atoms with van der Waals surface area (Å²) in [7, 11) is 0. The Morgan fingerprint density at radius 2 is 2.16 bits per heavy atom. The molecule has 0 unspecified atom stereocenters. The number of nitrogens with one attached hydrogen (secondary N) is 2. The molecule has 1 heterocycles. The Morgan fingerprint density at radius 1 is 1.37 bits per heavy atom. The molecule has 2 fully saturated rings. The summed E-state index contributed by atoms with van der Waals surface area (Å²) in [6.45, 7) is 1.69. The molecule has 0 saturated heterocycles. The van der Waals surface area contributed by atoms with Crippen LogP contribution >= 0.6 is 11.8 Å². The van der Waals surface area contributed by atoms with Crippen LogP contribution in [0.5, 0.6) is 0 Å². The van der Waals surface area contributed by atoms with Crippen molar-refractivity contribution in [3.63, 3.8) is 0 Å². The van der Waals surface area contributed by atoms with Gasteiger partial charge < -0.3 is 10.6 Å². The number of hydrogen-bond acceptors (Lipinski definition) is 4. The van der Waals surface area contributed by atoms with E-state index in [0.29, 0.717) is 24.4 Å². The summed E-state index contributed by atoms with van der Waals surface area (Å²) in [5.74, 6) is 1.37. The molecule has 106 valence electrons. The van der Waals surface area contributed by atoms with Gasteiger partial charge in [-0.05, 0) is 31.1 Å². The Morgan fingerprint density at radius 3 is 2.79 bits per heavy atom. The van der Waals surface area contributed by atoms with E-state index in [1.54, 1.807) is 0 Å². The van der Waals surface area contributed by atoms with Crippen molar-refractivity contribution in [3.05, 3.63) is 0 Å². The minimum Gasteiger partial charge on any atom is -0.364 e. The monoisotopic (exact) mass is 281 g/mol. The summed E-state index contributed by atoms with van der Waals surface area (Å²) in [4.78, 5) is 16.2. The summed E-state index contributed by atoms with van der Waals surface area (Å²) in [5, 5.41) is 7.35. The topological polar surface area (TPSA) is 53.5 Å². The highest BCUT2D eigenvalue weighted by molar-refractivity contribution is 8.13. The lowest BCUT2D eigenvalue weighted by molar-refractivity contribution is -0.121. The Kier molecular flexibility index (Phi) is 4.01. The third-order valence-corrected chi connectivity index (χ3v) is 5.61. The van der Waals surface area contributed by atoms with Crippen molar-refractivity contribution in [1.82, 2.24) is 10.6 Å². The fourth-order valence-corrected chi connectivity index (χ4v) is 4.08. The van der Waals surface area contributed by atoms with Crippen LogP contribution in [0.4, 0.5) is 0 Å². The van der Waals surface area contributed by atoms with E-state index in [1.165, 1.54) is 31.4 Å². The largest absolute Gasteiger partial charge is 0.364 e. The Balaban J connectivity index is 1.36. The lowest BCUT2D eigenvalue weighted by Gasteiger charge is -2.31. The molecular weight excluding hydrogens is 258 g/mol. The second kappa shape index (κ2) is 5.73. The molecule has 0 aromatic carbocycles. The average Bonchev–Trinajstić information content (AvgIpc) is 3.11. The molecule has 0 atom stereocenters. The van der Waals surface area contributed by atoms with Gasteiger partial charge >= 0.3 is 0 Å². The highest BCUT2D eigenvalue weighted by atomic mass is 32.2. The fourth-order valence-electron chi connectivity index (χ4n) is 2.90. The van der Waals surface area contributed by atoms with Gasteiger partial charge in [-0.3, -0.25) is 9.79 Å². The van der Waals surface area contributed by atoms with Gasteiger partial charge in [0.2, 0.25) is 5.91 Å². The zero-order chi connectivity index (χ0) is 13.1. The van der Waals surface area contributed by atoms with Crippen molar-refractivity contribution in [3.8, 4) is 0 Å². The van der Waals surface area contributed by atoms with Gasteiger partial charge in [-0.15, -0.1) is 0 Å². The molecule has 2 aliphatic carbocycles. The third kappa shape index (κ3) is 3.65. The summed E-state index contributed by atoms with van der Waals surface area (Å²) in [6.07, 6.45) is 8.32. The Hall–Kier alpha value is -0.710. The fraction of sp³-hybridized carbons (Fsp3) is 0.857. The van der Waals surface area contributed by atoms with Crippen LogP contribution in [0.3, 0.4) is 0 Å². The first-order valence-corrected chi connectivity index (χ1v) is 8.45. The minimum atomic E-state index is 0.170. The lowest BCUT2D eigenvalue weighted by atomic mass is 9.89. The van der Waals surface area contributed by atoms with Crippen LogP contribution in [0.2, 0.25) is 0 Å². The van der Waals surface area contributed by atoms with Crippen LogP contribution in [0.1, 0.15) is 44.9 Å². The maximum absolute atomic E-state index is 11.5. The number of amides is 1. The number of amidine groups is 1. The maximum Gasteiger partial charge on any atom is 0.221 e. The second-order valence-electron chi connectivity index (χ2n) is 6.14. The van der Waals surface area contributed by atoms with Crippen molar-refractivity contribution in [2.24, 2.45) is 10.4 Å². The Labute approximate surface area is 119 Å². The number of thioether (sulfide) groups is 1. The second-order valence-corrected chi connectivity index (χ2v) is 7.10. The van der Waals surface area contributed by atoms with E-state index < -0.39 is 0 Å². The summed E-state index contributed by atoms with van der Waals surface area (Å²) >= 11 is 1.84. The highest BCUT2D eigenvalue weighted by Crippen LogP contribution is 2.43. The molecule has 1 aliphatic heterocycles. The normalized spacial score (nSPS) is 25.2. The van der Waals surface area contributed by atoms with Gasteiger partial charge in [0.05, 0.1) is 0 Å². The molecule has 1 spiro atoms. The van der Waals surface area contributed by atoms with Crippen LogP contribution in [0.15, 0.2) is 4.99 Å². The molecule has 3 rings (SSSR count). The Bertz CT molecular complexity index is 373. The summed E-state index contributed by atoms with van der Waals surface area (Å²) in [5.41, 5.74) is 0.499. The third-order valence-electron chi connectivity index (χ3n) is 4.31. The zero-order valence-electron chi connectivity index (χ0n) is 11.4. The number of hydrogen-bond donors (Lipinski definition) is 2. The smallest absolute Gasteiger partial charge is 0.221 e. The molecule has 19 heavy (non-hydrogen) atoms. The average molecular weight is 281 g/mol. The van der Waals surface area contributed by atoms with Crippen LogP contribution in [-0.4, -0.2) is 36.0 Å². The van der Waals surface area contributed by atoms with Gasteiger partial charge in [0.25, 0.3) is 0 Å². The van der Waals surface area contributed by atoms with E-state index in [4.69, 9.17) is 0 Å². The summed E-state index contributed by atoms with van der Waals surface area (Å²) in [6, 6.07) is 0.469. The van der Waals surface area contributed by atoms with Gasteiger partial charge in [-0.1, -0.05) is 24.6 Å². The number of aliphatic imine (C=N–C) groups is 1. The molecule has 3 aliphatic rings. The van der Waals surface area contributed by atoms with Crippen molar-refractivity contribution < 1.29 is 4.79 Å². The van der Waals surface area contributed by atoms with Crippen LogP contribution in [-0.2, 0) is 4.79 Å². The van der Waals surface area contributed by atoms with Crippen LogP contribution in [0.25, 0.3) is 0 Å². The van der Waals surface area contributed by atoms with Crippen molar-refractivity contribution in [1.29, 1.82) is 0 Å². The van der Waals surface area contributed by atoms with E-state index in [-0.39, 0.29) is 5.91 Å². The lowest BCUT2D eigenvalue weighted by Crippen LogP contribution is -2.35. The van der Waals surface area contributed by atoms with Gasteiger partial charge in [-0.25, -0.2) is 0 Å². The maximum atomic E-state index is 11.5. The van der Waals surface area contributed by atoms with Gasteiger partial charge in [0, 0.05) is 31.3 Å². The van der Waals surface area contributed by atoms with Crippen molar-refractivity contribution >= 4 is 22.8 Å². The molecular formula is C14H23N3OS. The molecule has 5 heteroatoms. The molecule has 1 amide bonds.